The second kappa shape index (κ2) is 6.55. The molecule has 1 rings (SSSR count). The van der Waals surface area contributed by atoms with E-state index >= 15 is 0 Å². The summed E-state index contributed by atoms with van der Waals surface area (Å²) in [7, 11) is 2.99. The van der Waals surface area contributed by atoms with Crippen LogP contribution in [0.5, 0.6) is 11.5 Å². The molecule has 0 spiro atoms. The van der Waals surface area contributed by atoms with Gasteiger partial charge in [-0.3, -0.25) is 4.79 Å². The number of benzene rings is 1. The minimum Gasteiger partial charge on any atom is -0.493 e. The number of carbonyl (C=O) groups excluding carboxylic acids is 1. The van der Waals surface area contributed by atoms with Crippen LogP contribution >= 0.6 is 0 Å². The Bertz CT molecular complexity index is 506. The predicted molar refractivity (Wildman–Crippen MR) is 74.3 cm³/mol. The van der Waals surface area contributed by atoms with Crippen LogP contribution < -0.4 is 20.5 Å². The van der Waals surface area contributed by atoms with Crippen molar-refractivity contribution in [1.82, 2.24) is 5.32 Å². The first-order valence-corrected chi connectivity index (χ1v) is 5.85. The molecule has 0 fully saturated rings. The molecular weight excluding hydrogens is 244 g/mol. The summed E-state index contributed by atoms with van der Waals surface area (Å²) in [5.74, 6) is 3.08. The first-order valence-electron chi connectivity index (χ1n) is 5.85. The van der Waals surface area contributed by atoms with Crippen molar-refractivity contribution in [2.75, 3.05) is 20.0 Å². The van der Waals surface area contributed by atoms with Crippen LogP contribution in [0.15, 0.2) is 12.1 Å². The number of terminal acetylenes is 1. The van der Waals surface area contributed by atoms with Crippen molar-refractivity contribution >= 4 is 11.6 Å². The smallest absolute Gasteiger partial charge is 0.254 e. The third-order valence-corrected chi connectivity index (χ3v) is 2.72. The van der Waals surface area contributed by atoms with Crippen LogP contribution in [0.4, 0.5) is 5.69 Å². The van der Waals surface area contributed by atoms with E-state index in [2.05, 4.69) is 11.2 Å². The first kappa shape index (κ1) is 14.7. The molecular formula is C14H18N2O3. The maximum Gasteiger partial charge on any atom is 0.254 e. The summed E-state index contributed by atoms with van der Waals surface area (Å²) in [6.45, 7) is 1.89. The average molecular weight is 262 g/mol. The summed E-state index contributed by atoms with van der Waals surface area (Å²) in [5.41, 5.74) is 6.45. The van der Waals surface area contributed by atoms with Gasteiger partial charge in [0.15, 0.2) is 11.5 Å². The fourth-order valence-electron chi connectivity index (χ4n) is 1.59. The largest absolute Gasteiger partial charge is 0.493 e. The van der Waals surface area contributed by atoms with Crippen molar-refractivity contribution in [1.29, 1.82) is 0 Å². The minimum atomic E-state index is -0.330. The van der Waals surface area contributed by atoms with Crippen molar-refractivity contribution in [3.05, 3.63) is 17.7 Å². The molecule has 1 aromatic carbocycles. The second-order valence-electron chi connectivity index (χ2n) is 3.90. The molecule has 0 saturated heterocycles. The highest BCUT2D eigenvalue weighted by Gasteiger charge is 2.16. The van der Waals surface area contributed by atoms with E-state index in [0.29, 0.717) is 29.2 Å². The number of anilines is 1. The number of nitrogen functional groups attached to an aromatic ring is 1. The number of nitrogens with one attached hydrogen (secondary N) is 1. The summed E-state index contributed by atoms with van der Waals surface area (Å²) < 4.78 is 10.2. The zero-order chi connectivity index (χ0) is 14.4. The lowest BCUT2D eigenvalue weighted by Gasteiger charge is -2.14. The highest BCUT2D eigenvalue weighted by atomic mass is 16.5. The Balaban J connectivity index is 3.07. The number of hydrogen-bond donors (Lipinski definition) is 2. The Morgan fingerprint density at radius 2 is 2.00 bits per heavy atom. The highest BCUT2D eigenvalue weighted by Crippen LogP contribution is 2.31. The molecule has 5 heteroatoms. The fraction of sp³-hybridized carbons (Fsp3) is 0.357. The summed E-state index contributed by atoms with van der Waals surface area (Å²) in [6.07, 6.45) is 5.96. The van der Waals surface area contributed by atoms with Gasteiger partial charge in [0, 0.05) is 11.8 Å². The van der Waals surface area contributed by atoms with Gasteiger partial charge >= 0.3 is 0 Å². The normalized spacial score (nSPS) is 11.3. The van der Waals surface area contributed by atoms with Crippen molar-refractivity contribution in [3.8, 4) is 23.8 Å². The predicted octanol–water partition coefficient (Wildman–Crippen LogP) is 1.43. The van der Waals surface area contributed by atoms with Crippen molar-refractivity contribution < 1.29 is 14.3 Å². The van der Waals surface area contributed by atoms with Gasteiger partial charge in [-0.05, 0) is 12.5 Å². The number of amides is 1. The quantitative estimate of drug-likeness (QED) is 0.622. The number of methoxy groups -OCH3 is 2. The van der Waals surface area contributed by atoms with Gasteiger partial charge in [-0.25, -0.2) is 0 Å². The summed E-state index contributed by atoms with van der Waals surface area (Å²) in [6, 6.07) is 2.76. The lowest BCUT2D eigenvalue weighted by atomic mass is 10.1. The van der Waals surface area contributed by atoms with Crippen LogP contribution in [0.1, 0.15) is 23.7 Å². The van der Waals surface area contributed by atoms with Gasteiger partial charge in [0.25, 0.3) is 5.91 Å². The van der Waals surface area contributed by atoms with Crippen LogP contribution in [-0.2, 0) is 0 Å². The Hall–Kier alpha value is -2.35. The van der Waals surface area contributed by atoms with Crippen LogP contribution in [0.2, 0.25) is 0 Å². The molecule has 0 radical (unpaired) electrons. The fourth-order valence-corrected chi connectivity index (χ4v) is 1.59. The van der Waals surface area contributed by atoms with Gasteiger partial charge in [-0.1, -0.05) is 12.8 Å². The van der Waals surface area contributed by atoms with Crippen LogP contribution in [0, 0.1) is 12.3 Å². The van der Waals surface area contributed by atoms with E-state index < -0.39 is 0 Å². The van der Waals surface area contributed by atoms with Crippen LogP contribution in [0.25, 0.3) is 0 Å². The standard InChI is InChI=1S/C14H18N2O3/c1-5-9(6-2)16-14(17)10-7-12(18-3)13(19-4)8-11(10)15/h1,7-9H,6,15H2,2-4H3,(H,16,17). The van der Waals surface area contributed by atoms with Crippen molar-refractivity contribution in [2.45, 2.75) is 19.4 Å². The Morgan fingerprint density at radius 3 is 2.47 bits per heavy atom. The van der Waals surface area contributed by atoms with Crippen molar-refractivity contribution in [3.63, 3.8) is 0 Å². The summed E-state index contributed by atoms with van der Waals surface area (Å²) in [4.78, 5) is 12.1. The lowest BCUT2D eigenvalue weighted by Crippen LogP contribution is -2.33. The van der Waals surface area contributed by atoms with Gasteiger partial charge < -0.3 is 20.5 Å². The number of nitrogens with two attached hydrogens (primary N) is 1. The Morgan fingerprint density at radius 1 is 1.42 bits per heavy atom. The molecule has 1 aromatic rings. The van der Waals surface area contributed by atoms with E-state index in [-0.39, 0.29) is 11.9 Å². The molecule has 1 atom stereocenters. The topological polar surface area (TPSA) is 73.6 Å². The summed E-state index contributed by atoms with van der Waals surface area (Å²) >= 11 is 0. The summed E-state index contributed by atoms with van der Waals surface area (Å²) in [5, 5.41) is 2.71. The van der Waals surface area contributed by atoms with E-state index in [0.717, 1.165) is 0 Å². The Kier molecular flexibility index (Phi) is 5.07. The second-order valence-corrected chi connectivity index (χ2v) is 3.90. The molecule has 0 aliphatic rings. The third kappa shape index (κ3) is 3.32. The van der Waals surface area contributed by atoms with Gasteiger partial charge in [-0.2, -0.15) is 0 Å². The molecule has 5 nitrogen and oxygen atoms in total. The molecule has 0 bridgehead atoms. The molecule has 3 N–H and O–H groups in total. The zero-order valence-corrected chi connectivity index (χ0v) is 11.3. The lowest BCUT2D eigenvalue weighted by molar-refractivity contribution is 0.0945. The molecule has 0 aliphatic carbocycles. The molecule has 19 heavy (non-hydrogen) atoms. The molecule has 0 saturated carbocycles. The monoisotopic (exact) mass is 262 g/mol. The van der Waals surface area contributed by atoms with E-state index in [4.69, 9.17) is 21.6 Å². The van der Waals surface area contributed by atoms with Crippen LogP contribution in [-0.4, -0.2) is 26.2 Å². The molecule has 102 valence electrons. The molecule has 0 aliphatic heterocycles. The van der Waals surface area contributed by atoms with Gasteiger partial charge in [0.1, 0.15) is 0 Å². The van der Waals surface area contributed by atoms with E-state index in [1.807, 2.05) is 6.92 Å². The first-order chi connectivity index (χ1) is 9.07. The molecule has 1 amide bonds. The van der Waals surface area contributed by atoms with Gasteiger partial charge in [0.05, 0.1) is 25.8 Å². The van der Waals surface area contributed by atoms with Crippen molar-refractivity contribution in [2.24, 2.45) is 0 Å². The number of carbonyl (C=O) groups is 1. The number of hydrogen-bond acceptors (Lipinski definition) is 4. The average Bonchev–Trinajstić information content (AvgIpc) is 2.43. The zero-order valence-electron chi connectivity index (χ0n) is 11.3. The van der Waals surface area contributed by atoms with E-state index in [9.17, 15) is 4.79 Å². The maximum absolute atomic E-state index is 12.1. The minimum absolute atomic E-state index is 0.307. The van der Waals surface area contributed by atoms with E-state index in [1.54, 1.807) is 6.07 Å². The SMILES string of the molecule is C#CC(CC)NC(=O)c1cc(OC)c(OC)cc1N. The third-order valence-electron chi connectivity index (χ3n) is 2.72. The molecule has 0 aromatic heterocycles. The maximum atomic E-state index is 12.1. The van der Waals surface area contributed by atoms with E-state index in [1.165, 1.54) is 20.3 Å². The number of rotatable bonds is 5. The van der Waals surface area contributed by atoms with Gasteiger partial charge in [-0.15, -0.1) is 6.42 Å². The highest BCUT2D eigenvalue weighted by molar-refractivity contribution is 6.00. The van der Waals surface area contributed by atoms with Gasteiger partial charge in [0.2, 0.25) is 0 Å². The Labute approximate surface area is 113 Å². The van der Waals surface area contributed by atoms with Crippen LogP contribution in [0.3, 0.4) is 0 Å². The molecule has 1 unspecified atom stereocenters. The molecule has 0 heterocycles. The number of ether oxygens (including phenoxy) is 2.